The normalized spacial score (nSPS) is 13.2. The van der Waals surface area contributed by atoms with Crippen LogP contribution in [0.15, 0.2) is 30.3 Å². The highest BCUT2D eigenvalue weighted by Crippen LogP contribution is 2.34. The zero-order chi connectivity index (χ0) is 20.9. The van der Waals surface area contributed by atoms with E-state index in [1.54, 1.807) is 11.3 Å². The third-order valence-electron chi connectivity index (χ3n) is 4.43. The molecule has 10 heteroatoms. The third kappa shape index (κ3) is 3.46. The predicted octanol–water partition coefficient (Wildman–Crippen LogP) is 4.94. The van der Waals surface area contributed by atoms with Crippen molar-refractivity contribution >= 4 is 28.4 Å². The van der Waals surface area contributed by atoms with Crippen molar-refractivity contribution in [2.24, 2.45) is 0 Å². The van der Waals surface area contributed by atoms with Crippen LogP contribution >= 0.6 is 11.6 Å². The number of aromatic nitrogens is 5. The molecule has 4 rings (SSSR count). The second-order valence-electron chi connectivity index (χ2n) is 6.62. The van der Waals surface area contributed by atoms with Gasteiger partial charge in [0.05, 0.1) is 10.7 Å². The molecule has 0 aliphatic heterocycles. The second kappa shape index (κ2) is 6.84. The zero-order valence-corrected chi connectivity index (χ0v) is 16.4. The van der Waals surface area contributed by atoms with Crippen molar-refractivity contribution in [1.82, 2.24) is 24.6 Å². The molecule has 0 saturated heterocycles. The van der Waals surface area contributed by atoms with Crippen LogP contribution in [-0.2, 0) is 0 Å². The maximum absolute atomic E-state index is 12.9. The van der Waals surface area contributed by atoms with Gasteiger partial charge in [0.1, 0.15) is 11.3 Å². The number of benzene rings is 1. The molecule has 0 bridgehead atoms. The van der Waals surface area contributed by atoms with Gasteiger partial charge in [0.15, 0.2) is 23.2 Å². The van der Waals surface area contributed by atoms with Crippen LogP contribution in [0.5, 0.6) is 5.75 Å². The Labute approximate surface area is 168 Å². The number of nitrogens with zero attached hydrogens (tertiary/aromatic N) is 5. The van der Waals surface area contributed by atoms with Crippen molar-refractivity contribution in [3.05, 3.63) is 46.7 Å². The zero-order valence-electron chi connectivity index (χ0n) is 15.6. The van der Waals surface area contributed by atoms with E-state index in [-0.39, 0.29) is 5.75 Å². The van der Waals surface area contributed by atoms with Crippen LogP contribution in [-0.4, -0.2) is 36.8 Å². The molecule has 0 aliphatic carbocycles. The Morgan fingerprint density at radius 3 is 2.52 bits per heavy atom. The van der Waals surface area contributed by atoms with Crippen LogP contribution in [0.4, 0.5) is 13.2 Å². The summed E-state index contributed by atoms with van der Waals surface area (Å²) in [6, 6.07) is 7.93. The Kier molecular flexibility index (Phi) is 4.57. The van der Waals surface area contributed by atoms with E-state index in [4.69, 9.17) is 16.3 Å². The van der Waals surface area contributed by atoms with E-state index >= 15 is 0 Å². The van der Waals surface area contributed by atoms with Crippen molar-refractivity contribution in [1.29, 1.82) is 0 Å². The minimum absolute atomic E-state index is 0.0187. The van der Waals surface area contributed by atoms with Gasteiger partial charge in [-0.2, -0.15) is 13.2 Å². The highest BCUT2D eigenvalue weighted by Gasteiger charge is 2.38. The SMILES string of the molecule is Cc1ccc2nc(C)c3nnc(-c4cc(OC(C)C(F)(F)F)ccc4Cl)n3c2n1. The van der Waals surface area contributed by atoms with Gasteiger partial charge < -0.3 is 4.74 Å². The second-order valence-corrected chi connectivity index (χ2v) is 7.03. The molecule has 0 amide bonds. The minimum atomic E-state index is -4.48. The number of hydrogen-bond acceptors (Lipinski definition) is 5. The molecule has 0 fully saturated rings. The fraction of sp³-hybridized carbons (Fsp3) is 0.263. The highest BCUT2D eigenvalue weighted by atomic mass is 35.5. The molecule has 3 heterocycles. The highest BCUT2D eigenvalue weighted by molar-refractivity contribution is 6.33. The summed E-state index contributed by atoms with van der Waals surface area (Å²) in [7, 11) is 0. The molecular formula is C19H15ClF3N5O. The molecule has 0 N–H and O–H groups in total. The van der Waals surface area contributed by atoms with Crippen LogP contribution in [0.25, 0.3) is 28.2 Å². The Bertz CT molecular complexity index is 1240. The summed E-state index contributed by atoms with van der Waals surface area (Å²) in [4.78, 5) is 9.02. The van der Waals surface area contributed by atoms with Crippen LogP contribution < -0.4 is 4.74 Å². The standard InChI is InChI=1S/C19H15ClF3N5O/c1-9-4-7-15-18(24-9)28-16(10(2)25-15)26-27-17(28)13-8-12(5-6-14(13)20)29-11(3)19(21,22)23/h4-8,11H,1-3H3. The number of aryl methyl sites for hydroxylation is 2. The van der Waals surface area contributed by atoms with Crippen LogP contribution in [0.1, 0.15) is 18.3 Å². The van der Waals surface area contributed by atoms with E-state index in [1.807, 2.05) is 19.1 Å². The summed E-state index contributed by atoms with van der Waals surface area (Å²) in [5.41, 5.74) is 3.42. The van der Waals surface area contributed by atoms with Crippen LogP contribution in [0.2, 0.25) is 5.02 Å². The molecule has 1 unspecified atom stereocenters. The van der Waals surface area contributed by atoms with Crippen LogP contribution in [0.3, 0.4) is 0 Å². The fourth-order valence-corrected chi connectivity index (χ4v) is 3.13. The monoisotopic (exact) mass is 421 g/mol. The lowest BCUT2D eigenvalue weighted by molar-refractivity contribution is -0.189. The Morgan fingerprint density at radius 1 is 1.03 bits per heavy atom. The first kappa shape index (κ1) is 19.4. The van der Waals surface area contributed by atoms with Gasteiger partial charge in [0, 0.05) is 11.3 Å². The fourth-order valence-electron chi connectivity index (χ4n) is 2.93. The van der Waals surface area contributed by atoms with Gasteiger partial charge in [-0.3, -0.25) is 4.40 Å². The summed E-state index contributed by atoms with van der Waals surface area (Å²) >= 11 is 6.34. The average Bonchev–Trinajstić information content (AvgIpc) is 3.09. The molecule has 0 spiro atoms. The molecule has 6 nitrogen and oxygen atoms in total. The maximum Gasteiger partial charge on any atom is 0.425 e. The summed E-state index contributed by atoms with van der Waals surface area (Å²) < 4.78 is 45.3. The molecule has 29 heavy (non-hydrogen) atoms. The van der Waals surface area contributed by atoms with Gasteiger partial charge in [-0.15, -0.1) is 10.2 Å². The lowest BCUT2D eigenvalue weighted by Crippen LogP contribution is -2.31. The van der Waals surface area contributed by atoms with Gasteiger partial charge in [0.2, 0.25) is 0 Å². The largest absolute Gasteiger partial charge is 0.481 e. The van der Waals surface area contributed by atoms with Crippen molar-refractivity contribution in [3.63, 3.8) is 0 Å². The number of fused-ring (bicyclic) bond motifs is 3. The van der Waals surface area contributed by atoms with E-state index in [2.05, 4.69) is 20.2 Å². The van der Waals surface area contributed by atoms with E-state index in [0.29, 0.717) is 38.9 Å². The summed E-state index contributed by atoms with van der Waals surface area (Å²) in [6.07, 6.45) is -6.45. The first-order valence-electron chi connectivity index (χ1n) is 8.67. The molecule has 1 atom stereocenters. The Balaban J connectivity index is 1.92. The molecule has 150 valence electrons. The summed E-state index contributed by atoms with van der Waals surface area (Å²) in [5.74, 6) is 0.355. The predicted molar refractivity (Wildman–Crippen MR) is 102 cm³/mol. The number of hydrogen-bond donors (Lipinski definition) is 0. The van der Waals surface area contributed by atoms with Crippen molar-refractivity contribution in [3.8, 4) is 17.1 Å². The first-order valence-corrected chi connectivity index (χ1v) is 9.05. The number of halogens is 4. The molecule has 0 radical (unpaired) electrons. The molecule has 4 aromatic rings. The van der Waals surface area contributed by atoms with E-state index in [0.717, 1.165) is 12.6 Å². The lowest BCUT2D eigenvalue weighted by atomic mass is 10.2. The maximum atomic E-state index is 12.9. The van der Waals surface area contributed by atoms with Gasteiger partial charge in [-0.05, 0) is 51.1 Å². The number of ether oxygens (including phenoxy) is 1. The first-order chi connectivity index (χ1) is 13.6. The van der Waals surface area contributed by atoms with Gasteiger partial charge in [0.25, 0.3) is 0 Å². The van der Waals surface area contributed by atoms with Crippen molar-refractivity contribution in [2.45, 2.75) is 33.1 Å². The van der Waals surface area contributed by atoms with Crippen LogP contribution in [0, 0.1) is 13.8 Å². The average molecular weight is 422 g/mol. The van der Waals surface area contributed by atoms with Gasteiger partial charge >= 0.3 is 6.18 Å². The smallest absolute Gasteiger partial charge is 0.425 e. The molecule has 0 aliphatic rings. The van der Waals surface area contributed by atoms with E-state index in [1.165, 1.54) is 18.2 Å². The van der Waals surface area contributed by atoms with Gasteiger partial charge in [-0.25, -0.2) is 9.97 Å². The lowest BCUT2D eigenvalue weighted by Gasteiger charge is -2.18. The van der Waals surface area contributed by atoms with E-state index in [9.17, 15) is 13.2 Å². The summed E-state index contributed by atoms with van der Waals surface area (Å²) in [6.45, 7) is 4.57. The number of alkyl halides is 3. The van der Waals surface area contributed by atoms with Gasteiger partial charge in [-0.1, -0.05) is 11.6 Å². The molecular weight excluding hydrogens is 407 g/mol. The molecule has 1 aromatic carbocycles. The quantitative estimate of drug-likeness (QED) is 0.469. The third-order valence-corrected chi connectivity index (χ3v) is 4.76. The molecule has 0 saturated carbocycles. The summed E-state index contributed by atoms with van der Waals surface area (Å²) in [5, 5.41) is 8.68. The van der Waals surface area contributed by atoms with E-state index < -0.39 is 12.3 Å². The topological polar surface area (TPSA) is 65.2 Å². The number of pyridine rings is 1. The van der Waals surface area contributed by atoms with Crippen molar-refractivity contribution in [2.75, 3.05) is 0 Å². The minimum Gasteiger partial charge on any atom is -0.481 e. The Morgan fingerprint density at radius 2 is 1.79 bits per heavy atom. The van der Waals surface area contributed by atoms with Crippen molar-refractivity contribution < 1.29 is 17.9 Å². The number of rotatable bonds is 3. The Hall–Kier alpha value is -2.94. The molecule has 3 aromatic heterocycles.